The molecule has 158 valence electrons. The lowest BCUT2D eigenvalue weighted by atomic mass is 9.86. The Morgan fingerprint density at radius 3 is 1.97 bits per heavy atom. The standard InChI is InChI=1S/C20H24O9/c1-24-13-7-10-14(22)11(8-29-16(10)20(28-5)18(13)26-3)9-6-12(21)17(25-2)19(27-4)15(9)23/h6-7,11,14,21-23H,8H2,1-5H3. The van der Waals surface area contributed by atoms with Crippen molar-refractivity contribution in [2.45, 2.75) is 12.0 Å². The number of aliphatic hydroxyl groups is 1. The Bertz CT molecular complexity index is 910. The average molecular weight is 408 g/mol. The van der Waals surface area contributed by atoms with E-state index in [0.717, 1.165) is 0 Å². The lowest BCUT2D eigenvalue weighted by Crippen LogP contribution is -2.25. The summed E-state index contributed by atoms with van der Waals surface area (Å²) in [7, 11) is 7.08. The molecule has 0 aromatic heterocycles. The number of phenolic OH excluding ortho intramolecular Hbond substituents is 2. The number of aliphatic hydroxyl groups excluding tert-OH is 1. The summed E-state index contributed by atoms with van der Waals surface area (Å²) in [6, 6.07) is 2.90. The molecule has 0 radical (unpaired) electrons. The maximum absolute atomic E-state index is 11.1. The normalized spacial score (nSPS) is 17.7. The van der Waals surface area contributed by atoms with Crippen LogP contribution in [-0.4, -0.2) is 57.5 Å². The molecule has 1 aliphatic rings. The molecule has 3 rings (SSSR count). The number of ether oxygens (including phenoxy) is 6. The highest BCUT2D eigenvalue weighted by atomic mass is 16.5. The molecule has 0 saturated carbocycles. The molecule has 1 heterocycles. The molecule has 0 bridgehead atoms. The molecule has 2 atom stereocenters. The predicted octanol–water partition coefficient (Wildman–Crippen LogP) is 2.35. The second-order valence-corrected chi connectivity index (χ2v) is 6.33. The van der Waals surface area contributed by atoms with E-state index in [4.69, 9.17) is 28.4 Å². The number of benzene rings is 2. The molecule has 29 heavy (non-hydrogen) atoms. The van der Waals surface area contributed by atoms with Gasteiger partial charge in [0.1, 0.15) is 0 Å². The minimum absolute atomic E-state index is 0.00247. The van der Waals surface area contributed by atoms with Gasteiger partial charge in [-0.05, 0) is 12.1 Å². The quantitative estimate of drug-likeness (QED) is 0.619. The molecule has 0 aliphatic carbocycles. The van der Waals surface area contributed by atoms with Gasteiger partial charge < -0.3 is 43.7 Å². The van der Waals surface area contributed by atoms with Crippen molar-refractivity contribution in [3.63, 3.8) is 0 Å². The first-order valence-electron chi connectivity index (χ1n) is 8.73. The number of aromatic hydroxyl groups is 2. The monoisotopic (exact) mass is 408 g/mol. The van der Waals surface area contributed by atoms with Crippen LogP contribution in [0, 0.1) is 0 Å². The van der Waals surface area contributed by atoms with Crippen LogP contribution in [-0.2, 0) is 0 Å². The molecule has 0 fully saturated rings. The number of phenols is 2. The lowest BCUT2D eigenvalue weighted by molar-refractivity contribution is 0.0842. The van der Waals surface area contributed by atoms with Gasteiger partial charge in [0.15, 0.2) is 23.0 Å². The van der Waals surface area contributed by atoms with Crippen LogP contribution in [0.25, 0.3) is 0 Å². The van der Waals surface area contributed by atoms with Crippen LogP contribution in [0.1, 0.15) is 23.1 Å². The summed E-state index contributed by atoms with van der Waals surface area (Å²) in [6.45, 7) is 0.00247. The number of methoxy groups -OCH3 is 5. The molecular weight excluding hydrogens is 384 g/mol. The van der Waals surface area contributed by atoms with Crippen molar-refractivity contribution >= 4 is 0 Å². The number of fused-ring (bicyclic) bond motifs is 1. The van der Waals surface area contributed by atoms with Gasteiger partial charge in [-0.15, -0.1) is 0 Å². The minimum Gasteiger partial charge on any atom is -0.504 e. The van der Waals surface area contributed by atoms with Crippen molar-refractivity contribution in [1.82, 2.24) is 0 Å². The summed E-state index contributed by atoms with van der Waals surface area (Å²) in [5.74, 6) is 0.0502. The van der Waals surface area contributed by atoms with Crippen LogP contribution < -0.4 is 28.4 Å². The van der Waals surface area contributed by atoms with E-state index in [0.29, 0.717) is 28.6 Å². The molecule has 2 aromatic rings. The van der Waals surface area contributed by atoms with Gasteiger partial charge in [0.2, 0.25) is 23.0 Å². The Balaban J connectivity index is 2.14. The third-order valence-electron chi connectivity index (χ3n) is 4.95. The van der Waals surface area contributed by atoms with Gasteiger partial charge >= 0.3 is 0 Å². The van der Waals surface area contributed by atoms with E-state index in [1.807, 2.05) is 0 Å². The van der Waals surface area contributed by atoms with Gasteiger partial charge in [0.25, 0.3) is 0 Å². The van der Waals surface area contributed by atoms with Crippen molar-refractivity contribution in [1.29, 1.82) is 0 Å². The predicted molar refractivity (Wildman–Crippen MR) is 102 cm³/mol. The first-order valence-corrected chi connectivity index (χ1v) is 8.73. The zero-order valence-electron chi connectivity index (χ0n) is 16.8. The first kappa shape index (κ1) is 20.5. The smallest absolute Gasteiger partial charge is 0.207 e. The highest BCUT2D eigenvalue weighted by Crippen LogP contribution is 2.55. The van der Waals surface area contributed by atoms with Crippen molar-refractivity contribution < 1.29 is 43.7 Å². The number of hydrogen-bond donors (Lipinski definition) is 3. The number of hydrogen-bond acceptors (Lipinski definition) is 9. The van der Waals surface area contributed by atoms with Crippen LogP contribution in [0.4, 0.5) is 0 Å². The van der Waals surface area contributed by atoms with Crippen molar-refractivity contribution in [2.75, 3.05) is 42.2 Å². The summed E-state index contributed by atoms with van der Waals surface area (Å²) in [6.07, 6.45) is -1.10. The minimum atomic E-state index is -1.10. The van der Waals surface area contributed by atoms with E-state index in [9.17, 15) is 15.3 Å². The highest BCUT2D eigenvalue weighted by molar-refractivity contribution is 5.66. The fraction of sp³-hybridized carbons (Fsp3) is 0.400. The SMILES string of the molecule is COc1cc2c(c(OC)c1OC)OCC(c1cc(O)c(OC)c(OC)c1O)C2O. The van der Waals surface area contributed by atoms with Gasteiger partial charge in [-0.2, -0.15) is 0 Å². The van der Waals surface area contributed by atoms with E-state index in [1.54, 1.807) is 6.07 Å². The fourth-order valence-corrected chi connectivity index (χ4v) is 3.56. The molecule has 2 unspecified atom stereocenters. The Hall–Kier alpha value is -3.20. The topological polar surface area (TPSA) is 116 Å². The van der Waals surface area contributed by atoms with E-state index < -0.39 is 12.0 Å². The van der Waals surface area contributed by atoms with Gasteiger partial charge in [-0.3, -0.25) is 0 Å². The summed E-state index contributed by atoms with van der Waals surface area (Å²) >= 11 is 0. The summed E-state index contributed by atoms with van der Waals surface area (Å²) in [5, 5.41) is 32.0. The third kappa shape index (κ3) is 3.17. The largest absolute Gasteiger partial charge is 0.504 e. The van der Waals surface area contributed by atoms with Crippen LogP contribution in [0.5, 0.6) is 46.0 Å². The second kappa shape index (κ2) is 8.04. The molecule has 0 saturated heterocycles. The molecular formula is C20H24O9. The lowest BCUT2D eigenvalue weighted by Gasteiger charge is -2.33. The molecule has 1 aliphatic heterocycles. The molecule has 9 nitrogen and oxygen atoms in total. The Labute approximate surface area is 167 Å². The third-order valence-corrected chi connectivity index (χ3v) is 4.95. The van der Waals surface area contributed by atoms with Gasteiger partial charge in [0.05, 0.1) is 54.2 Å². The van der Waals surface area contributed by atoms with E-state index in [1.165, 1.54) is 41.6 Å². The first-order chi connectivity index (χ1) is 13.9. The fourth-order valence-electron chi connectivity index (χ4n) is 3.56. The Kier molecular flexibility index (Phi) is 5.69. The number of rotatable bonds is 6. The van der Waals surface area contributed by atoms with Crippen LogP contribution in [0.15, 0.2) is 12.1 Å². The van der Waals surface area contributed by atoms with Crippen molar-refractivity contribution in [2.24, 2.45) is 0 Å². The maximum atomic E-state index is 11.1. The molecule has 0 amide bonds. The van der Waals surface area contributed by atoms with Gasteiger partial charge in [-0.1, -0.05) is 0 Å². The average Bonchev–Trinajstić information content (AvgIpc) is 2.73. The van der Waals surface area contributed by atoms with E-state index >= 15 is 0 Å². The van der Waals surface area contributed by atoms with Gasteiger partial charge in [-0.25, -0.2) is 0 Å². The van der Waals surface area contributed by atoms with Crippen LogP contribution in [0.3, 0.4) is 0 Å². The van der Waals surface area contributed by atoms with Crippen molar-refractivity contribution in [3.05, 3.63) is 23.3 Å². The maximum Gasteiger partial charge on any atom is 0.207 e. The van der Waals surface area contributed by atoms with Crippen molar-refractivity contribution in [3.8, 4) is 46.0 Å². The zero-order chi connectivity index (χ0) is 21.3. The van der Waals surface area contributed by atoms with Crippen LogP contribution in [0.2, 0.25) is 0 Å². The molecule has 0 spiro atoms. The molecule has 9 heteroatoms. The summed E-state index contributed by atoms with van der Waals surface area (Å²) < 4.78 is 32.2. The zero-order valence-corrected chi connectivity index (χ0v) is 16.8. The molecule has 2 aromatic carbocycles. The summed E-state index contributed by atoms with van der Waals surface area (Å²) in [4.78, 5) is 0. The molecule has 3 N–H and O–H groups in total. The second-order valence-electron chi connectivity index (χ2n) is 6.33. The van der Waals surface area contributed by atoms with Gasteiger partial charge in [0, 0.05) is 11.1 Å². The van der Waals surface area contributed by atoms with E-state index in [-0.39, 0.29) is 35.2 Å². The summed E-state index contributed by atoms with van der Waals surface area (Å²) in [5.41, 5.74) is 0.636. The Morgan fingerprint density at radius 2 is 1.41 bits per heavy atom. The van der Waals surface area contributed by atoms with Crippen LogP contribution >= 0.6 is 0 Å². The van der Waals surface area contributed by atoms with E-state index in [2.05, 4.69) is 0 Å². The highest BCUT2D eigenvalue weighted by Gasteiger charge is 2.38. The Morgan fingerprint density at radius 1 is 0.793 bits per heavy atom.